The van der Waals surface area contributed by atoms with E-state index in [4.69, 9.17) is 4.74 Å². The van der Waals surface area contributed by atoms with Crippen molar-refractivity contribution in [2.24, 2.45) is 0 Å². The van der Waals surface area contributed by atoms with Gasteiger partial charge in [0.2, 0.25) is 5.91 Å². The number of aromatic nitrogens is 2. The third-order valence-corrected chi connectivity index (χ3v) is 6.04. The zero-order chi connectivity index (χ0) is 30.1. The molecule has 3 aromatic carbocycles. The lowest BCUT2D eigenvalue weighted by Crippen LogP contribution is -2.49. The average molecular weight is 579 g/mol. The maximum atomic E-state index is 13.4. The van der Waals surface area contributed by atoms with Crippen molar-refractivity contribution in [2.45, 2.75) is 31.8 Å². The lowest BCUT2D eigenvalue weighted by molar-refractivity contribution is -0.173. The molecule has 0 radical (unpaired) electrons. The summed E-state index contributed by atoms with van der Waals surface area (Å²) in [7, 11) is 0. The standard InChI is InChI=1S/C30H25F3N4O5/c31-30(32,33)26(39)23(16-20-10-4-1-5-11-20)35-25(38)18-37-27(22-14-8-3-9-15-22)34-17-24(28(37)40)36-29(41)42-19-21-12-6-2-7-13-21/h1-15,17,23H,16,18-19H2,(H,35,38)(H,36,41). The molecular formula is C30H25F3N4O5. The minimum absolute atomic E-state index is 0.0145. The lowest BCUT2D eigenvalue weighted by Gasteiger charge is -2.20. The summed E-state index contributed by atoms with van der Waals surface area (Å²) in [5.41, 5.74) is 0.333. The quantitative estimate of drug-likeness (QED) is 0.286. The molecule has 216 valence electrons. The van der Waals surface area contributed by atoms with Crippen molar-refractivity contribution in [3.05, 3.63) is 119 Å². The highest BCUT2D eigenvalue weighted by atomic mass is 19.4. The number of anilines is 1. The molecule has 2 amide bonds. The second-order valence-electron chi connectivity index (χ2n) is 9.11. The third kappa shape index (κ3) is 7.90. The number of nitrogens with zero attached hydrogens (tertiary/aromatic N) is 2. The fraction of sp³-hybridized carbons (Fsp3) is 0.167. The highest BCUT2D eigenvalue weighted by Crippen LogP contribution is 2.21. The Labute approximate surface area is 238 Å². The molecule has 0 spiro atoms. The second-order valence-corrected chi connectivity index (χ2v) is 9.11. The fourth-order valence-electron chi connectivity index (χ4n) is 4.05. The first-order chi connectivity index (χ1) is 20.1. The molecule has 9 nitrogen and oxygen atoms in total. The number of amides is 2. The summed E-state index contributed by atoms with van der Waals surface area (Å²) in [5, 5.41) is 4.41. The van der Waals surface area contributed by atoms with Crippen LogP contribution in [-0.2, 0) is 33.9 Å². The van der Waals surface area contributed by atoms with Gasteiger partial charge in [-0.15, -0.1) is 0 Å². The van der Waals surface area contributed by atoms with Gasteiger partial charge < -0.3 is 10.1 Å². The molecule has 1 heterocycles. The summed E-state index contributed by atoms with van der Waals surface area (Å²) >= 11 is 0. The molecule has 0 aliphatic rings. The first-order valence-corrected chi connectivity index (χ1v) is 12.7. The van der Waals surface area contributed by atoms with Gasteiger partial charge in [0.15, 0.2) is 0 Å². The van der Waals surface area contributed by atoms with Gasteiger partial charge in [-0.1, -0.05) is 91.0 Å². The minimum Gasteiger partial charge on any atom is -0.444 e. The molecule has 0 bridgehead atoms. The number of rotatable bonds is 10. The van der Waals surface area contributed by atoms with Crippen LogP contribution in [0.15, 0.2) is 102 Å². The number of hydrogen-bond donors (Lipinski definition) is 2. The van der Waals surface area contributed by atoms with Gasteiger partial charge in [0.1, 0.15) is 30.7 Å². The molecule has 0 fully saturated rings. The van der Waals surface area contributed by atoms with Gasteiger partial charge in [-0.05, 0) is 11.1 Å². The van der Waals surface area contributed by atoms with Crippen molar-refractivity contribution in [3.63, 3.8) is 0 Å². The summed E-state index contributed by atoms with van der Waals surface area (Å²) in [5.74, 6) is -3.16. The first kappa shape index (κ1) is 29.7. The van der Waals surface area contributed by atoms with Crippen LogP contribution in [0, 0.1) is 0 Å². The molecule has 0 aliphatic heterocycles. The van der Waals surface area contributed by atoms with Crippen LogP contribution in [0.5, 0.6) is 0 Å². The zero-order valence-electron chi connectivity index (χ0n) is 22.0. The number of halogens is 3. The van der Waals surface area contributed by atoms with E-state index in [0.29, 0.717) is 16.7 Å². The van der Waals surface area contributed by atoms with Gasteiger partial charge in [0.25, 0.3) is 11.3 Å². The van der Waals surface area contributed by atoms with E-state index in [-0.39, 0.29) is 18.1 Å². The maximum Gasteiger partial charge on any atom is 0.452 e. The highest BCUT2D eigenvalue weighted by molar-refractivity contribution is 5.93. The SMILES string of the molecule is O=C(Cn1c(-c2ccccc2)ncc(NC(=O)OCc2ccccc2)c1=O)NC(Cc1ccccc1)C(=O)C(F)(F)F. The van der Waals surface area contributed by atoms with Crippen molar-refractivity contribution in [1.82, 2.24) is 14.9 Å². The van der Waals surface area contributed by atoms with E-state index < -0.39 is 48.5 Å². The number of carbonyl (C=O) groups is 3. The predicted octanol–water partition coefficient (Wildman–Crippen LogP) is 4.52. The van der Waals surface area contributed by atoms with Crippen LogP contribution in [-0.4, -0.2) is 39.6 Å². The van der Waals surface area contributed by atoms with Crippen LogP contribution in [0.1, 0.15) is 11.1 Å². The van der Waals surface area contributed by atoms with Gasteiger partial charge >= 0.3 is 12.3 Å². The number of alkyl halides is 3. The van der Waals surface area contributed by atoms with Crippen molar-refractivity contribution in [1.29, 1.82) is 0 Å². The molecule has 4 rings (SSSR count). The molecule has 0 saturated carbocycles. The largest absolute Gasteiger partial charge is 0.452 e. The van der Waals surface area contributed by atoms with Crippen LogP contribution < -0.4 is 16.2 Å². The van der Waals surface area contributed by atoms with E-state index in [9.17, 15) is 32.3 Å². The van der Waals surface area contributed by atoms with Crippen molar-refractivity contribution in [2.75, 3.05) is 5.32 Å². The number of hydrogen-bond acceptors (Lipinski definition) is 6. The Morgan fingerprint density at radius 3 is 2.02 bits per heavy atom. The fourth-order valence-corrected chi connectivity index (χ4v) is 4.05. The molecule has 0 saturated heterocycles. The summed E-state index contributed by atoms with van der Waals surface area (Å²) in [6, 6.07) is 23.0. The summed E-state index contributed by atoms with van der Waals surface area (Å²) in [4.78, 5) is 55.2. The Bertz CT molecular complexity index is 1590. The number of carbonyl (C=O) groups excluding carboxylic acids is 3. The summed E-state index contributed by atoms with van der Waals surface area (Å²) in [6.07, 6.45) is -5.49. The maximum absolute atomic E-state index is 13.4. The van der Waals surface area contributed by atoms with Crippen molar-refractivity contribution >= 4 is 23.5 Å². The Kier molecular flexibility index (Phi) is 9.48. The third-order valence-electron chi connectivity index (χ3n) is 6.04. The average Bonchev–Trinajstić information content (AvgIpc) is 2.98. The number of ketones is 1. The smallest absolute Gasteiger partial charge is 0.444 e. The second kappa shape index (κ2) is 13.4. The minimum atomic E-state index is -5.20. The van der Waals surface area contributed by atoms with Crippen molar-refractivity contribution < 1.29 is 32.3 Å². The van der Waals surface area contributed by atoms with E-state index in [1.54, 1.807) is 78.9 Å². The van der Waals surface area contributed by atoms with E-state index >= 15 is 0 Å². The van der Waals surface area contributed by atoms with E-state index in [1.807, 2.05) is 0 Å². The van der Waals surface area contributed by atoms with Gasteiger partial charge in [0.05, 0.1) is 6.20 Å². The molecule has 1 atom stereocenters. The zero-order valence-corrected chi connectivity index (χ0v) is 22.0. The van der Waals surface area contributed by atoms with Gasteiger partial charge in [0, 0.05) is 12.0 Å². The first-order valence-electron chi connectivity index (χ1n) is 12.7. The number of ether oxygens (including phenoxy) is 1. The molecular weight excluding hydrogens is 553 g/mol. The van der Waals surface area contributed by atoms with Crippen LogP contribution in [0.25, 0.3) is 11.4 Å². The Morgan fingerprint density at radius 2 is 1.43 bits per heavy atom. The molecule has 1 aromatic heterocycles. The number of benzene rings is 3. The van der Waals surface area contributed by atoms with Crippen LogP contribution in [0.2, 0.25) is 0 Å². The van der Waals surface area contributed by atoms with E-state index in [1.165, 1.54) is 12.1 Å². The topological polar surface area (TPSA) is 119 Å². The number of Topliss-reactive ketones (excluding diaryl/α,β-unsaturated/α-hetero) is 1. The molecule has 1 unspecified atom stereocenters. The monoisotopic (exact) mass is 578 g/mol. The molecule has 12 heteroatoms. The normalized spacial score (nSPS) is 11.8. The van der Waals surface area contributed by atoms with E-state index in [0.717, 1.165) is 10.8 Å². The van der Waals surface area contributed by atoms with E-state index in [2.05, 4.69) is 15.6 Å². The number of nitrogens with one attached hydrogen (secondary N) is 2. The summed E-state index contributed by atoms with van der Waals surface area (Å²) < 4.78 is 46.1. The predicted molar refractivity (Wildman–Crippen MR) is 147 cm³/mol. The van der Waals surface area contributed by atoms with Crippen LogP contribution in [0.3, 0.4) is 0 Å². The van der Waals surface area contributed by atoms with Gasteiger partial charge in [-0.2, -0.15) is 13.2 Å². The molecule has 4 aromatic rings. The Hall–Kier alpha value is -5.26. The molecule has 2 N–H and O–H groups in total. The van der Waals surface area contributed by atoms with Gasteiger partial charge in [-0.25, -0.2) is 9.78 Å². The van der Waals surface area contributed by atoms with Crippen molar-refractivity contribution in [3.8, 4) is 11.4 Å². The molecule has 0 aliphatic carbocycles. The highest BCUT2D eigenvalue weighted by Gasteiger charge is 2.44. The van der Waals surface area contributed by atoms with Crippen LogP contribution in [0.4, 0.5) is 23.7 Å². The summed E-state index contributed by atoms with van der Waals surface area (Å²) in [6.45, 7) is -0.865. The molecule has 42 heavy (non-hydrogen) atoms. The Balaban J connectivity index is 1.59. The van der Waals surface area contributed by atoms with Crippen LogP contribution >= 0.6 is 0 Å². The van der Waals surface area contributed by atoms with Gasteiger partial charge in [-0.3, -0.25) is 24.3 Å². The Morgan fingerprint density at radius 1 is 0.857 bits per heavy atom. The lowest BCUT2D eigenvalue weighted by atomic mass is 10.0.